The van der Waals surface area contributed by atoms with Gasteiger partial charge in [0.1, 0.15) is 10.7 Å². The van der Waals surface area contributed by atoms with Gasteiger partial charge in [0.2, 0.25) is 5.91 Å². The second-order valence-electron chi connectivity index (χ2n) is 6.51. The Morgan fingerprint density at radius 1 is 1.17 bits per heavy atom. The molecular formula is C20H22FN3O3S2. The summed E-state index contributed by atoms with van der Waals surface area (Å²) >= 11 is 1.09. The van der Waals surface area contributed by atoms with E-state index >= 15 is 0 Å². The minimum atomic E-state index is -3.80. The molecule has 2 aromatic rings. The zero-order valence-electron chi connectivity index (χ0n) is 16.0. The zero-order valence-corrected chi connectivity index (χ0v) is 17.6. The lowest BCUT2D eigenvalue weighted by molar-refractivity contribution is -0.118. The number of thioether (sulfide) groups is 1. The molecule has 154 valence electrons. The lowest BCUT2D eigenvalue weighted by Gasteiger charge is -2.30. The van der Waals surface area contributed by atoms with E-state index in [9.17, 15) is 17.6 Å². The van der Waals surface area contributed by atoms with Gasteiger partial charge < -0.3 is 10.2 Å². The molecule has 0 saturated heterocycles. The molecule has 29 heavy (non-hydrogen) atoms. The summed E-state index contributed by atoms with van der Waals surface area (Å²) in [7, 11) is -3.80. The summed E-state index contributed by atoms with van der Waals surface area (Å²) in [5.41, 5.74) is 1.37. The third kappa shape index (κ3) is 5.36. The number of para-hydroxylation sites is 1. The van der Waals surface area contributed by atoms with Crippen molar-refractivity contribution in [3.8, 4) is 0 Å². The van der Waals surface area contributed by atoms with Crippen LogP contribution in [0.2, 0.25) is 0 Å². The molecule has 0 bridgehead atoms. The minimum absolute atomic E-state index is 0.0281. The van der Waals surface area contributed by atoms with Crippen LogP contribution in [-0.2, 0) is 21.4 Å². The average Bonchev–Trinajstić information content (AvgIpc) is 2.71. The van der Waals surface area contributed by atoms with Crippen LogP contribution in [0.1, 0.15) is 25.3 Å². The summed E-state index contributed by atoms with van der Waals surface area (Å²) in [6.07, 6.45) is 1.81. The first-order chi connectivity index (χ1) is 13.9. The summed E-state index contributed by atoms with van der Waals surface area (Å²) in [4.78, 5) is 14.3. The maximum absolute atomic E-state index is 12.9. The number of hydrogen-bond donors (Lipinski definition) is 1. The molecule has 0 aliphatic carbocycles. The molecule has 1 aliphatic rings. The molecule has 0 unspecified atom stereocenters. The lowest BCUT2D eigenvalue weighted by atomic mass is 10.2. The predicted molar refractivity (Wildman–Crippen MR) is 114 cm³/mol. The topological polar surface area (TPSA) is 78.8 Å². The number of anilines is 1. The van der Waals surface area contributed by atoms with Crippen molar-refractivity contribution in [1.29, 1.82) is 0 Å². The van der Waals surface area contributed by atoms with Gasteiger partial charge in [-0.05, 0) is 36.2 Å². The van der Waals surface area contributed by atoms with Gasteiger partial charge in [-0.3, -0.25) is 4.79 Å². The average molecular weight is 436 g/mol. The van der Waals surface area contributed by atoms with Crippen LogP contribution in [0.15, 0.2) is 57.8 Å². The number of carbonyl (C=O) groups excluding carboxylic acids is 1. The zero-order chi connectivity index (χ0) is 20.9. The van der Waals surface area contributed by atoms with Gasteiger partial charge in [0.25, 0.3) is 10.0 Å². The number of hydrogen-bond acceptors (Lipinski definition) is 5. The maximum atomic E-state index is 12.9. The number of unbranched alkanes of at least 4 members (excludes halogenated alkanes) is 1. The normalized spacial score (nSPS) is 14.8. The standard InChI is InChI=1S/C20H22FN3O3S2/c1-2-3-12-24-17-6-4-5-7-18(17)29(26,27)23-20(24)28-14-19(25)22-13-15-8-10-16(21)11-9-15/h4-11H,2-3,12-14H2,1H3,(H,22,25). The molecule has 0 atom stereocenters. The highest BCUT2D eigenvalue weighted by atomic mass is 32.2. The monoisotopic (exact) mass is 435 g/mol. The van der Waals surface area contributed by atoms with Crippen LogP contribution in [0.3, 0.4) is 0 Å². The van der Waals surface area contributed by atoms with Crippen molar-refractivity contribution in [2.45, 2.75) is 31.2 Å². The quantitative estimate of drug-likeness (QED) is 0.720. The largest absolute Gasteiger partial charge is 0.351 e. The molecule has 0 fully saturated rings. The van der Waals surface area contributed by atoms with Crippen LogP contribution in [0, 0.1) is 5.82 Å². The smallest absolute Gasteiger partial charge is 0.286 e. The van der Waals surface area contributed by atoms with E-state index in [-0.39, 0.29) is 28.9 Å². The SMILES string of the molecule is CCCCN1C(SCC(=O)NCc2ccc(F)cc2)=NS(=O)(=O)c2ccccc21. The number of nitrogens with one attached hydrogen (secondary N) is 1. The van der Waals surface area contributed by atoms with Crippen molar-refractivity contribution < 1.29 is 17.6 Å². The molecule has 9 heteroatoms. The number of fused-ring (bicyclic) bond motifs is 1. The van der Waals surface area contributed by atoms with Crippen molar-refractivity contribution in [2.24, 2.45) is 4.40 Å². The lowest BCUT2D eigenvalue weighted by Crippen LogP contribution is -2.36. The Morgan fingerprint density at radius 2 is 1.90 bits per heavy atom. The number of nitrogens with zero attached hydrogens (tertiary/aromatic N) is 2. The van der Waals surface area contributed by atoms with E-state index in [0.29, 0.717) is 17.4 Å². The van der Waals surface area contributed by atoms with Gasteiger partial charge in [-0.1, -0.05) is 49.4 Å². The van der Waals surface area contributed by atoms with E-state index < -0.39 is 10.0 Å². The van der Waals surface area contributed by atoms with Gasteiger partial charge in [-0.2, -0.15) is 8.42 Å². The number of halogens is 1. The molecule has 1 amide bonds. The summed E-state index contributed by atoms with van der Waals surface area (Å²) in [6, 6.07) is 12.6. The van der Waals surface area contributed by atoms with E-state index in [2.05, 4.69) is 16.6 Å². The Hall–Kier alpha value is -2.39. The summed E-state index contributed by atoms with van der Waals surface area (Å²) < 4.78 is 41.9. The Bertz CT molecular complexity index is 1010. The number of rotatable bonds is 7. The minimum Gasteiger partial charge on any atom is -0.351 e. The van der Waals surface area contributed by atoms with Crippen LogP contribution >= 0.6 is 11.8 Å². The predicted octanol–water partition coefficient (Wildman–Crippen LogP) is 3.54. The van der Waals surface area contributed by atoms with E-state index in [1.807, 2.05) is 4.90 Å². The first-order valence-corrected chi connectivity index (χ1v) is 11.7. The highest BCUT2D eigenvalue weighted by Gasteiger charge is 2.30. The van der Waals surface area contributed by atoms with Crippen molar-refractivity contribution in [3.05, 3.63) is 59.9 Å². The fourth-order valence-electron chi connectivity index (χ4n) is 2.82. The molecule has 0 saturated carbocycles. The molecule has 0 aromatic heterocycles. The molecular weight excluding hydrogens is 413 g/mol. The van der Waals surface area contributed by atoms with Gasteiger partial charge >= 0.3 is 0 Å². The molecule has 3 rings (SSSR count). The first kappa shape index (κ1) is 21.3. The van der Waals surface area contributed by atoms with Crippen LogP contribution in [0.25, 0.3) is 0 Å². The fourth-order valence-corrected chi connectivity index (χ4v) is 5.13. The Labute approximate surface area is 174 Å². The van der Waals surface area contributed by atoms with Gasteiger partial charge in [0, 0.05) is 13.1 Å². The van der Waals surface area contributed by atoms with Crippen LogP contribution in [0.4, 0.5) is 10.1 Å². The first-order valence-electron chi connectivity index (χ1n) is 9.26. The molecule has 1 N–H and O–H groups in total. The van der Waals surface area contributed by atoms with Crippen LogP contribution < -0.4 is 10.2 Å². The number of benzene rings is 2. The maximum Gasteiger partial charge on any atom is 0.286 e. The summed E-state index contributed by atoms with van der Waals surface area (Å²) in [5.74, 6) is -0.561. The Morgan fingerprint density at radius 3 is 2.62 bits per heavy atom. The molecule has 6 nitrogen and oxygen atoms in total. The van der Waals surface area contributed by atoms with Gasteiger partial charge in [0.05, 0.1) is 11.4 Å². The number of amidine groups is 1. The summed E-state index contributed by atoms with van der Waals surface area (Å²) in [6.45, 7) is 2.94. The number of carbonyl (C=O) groups is 1. The third-order valence-electron chi connectivity index (χ3n) is 4.33. The van der Waals surface area contributed by atoms with Crippen molar-refractivity contribution in [3.63, 3.8) is 0 Å². The van der Waals surface area contributed by atoms with E-state index in [1.165, 1.54) is 12.1 Å². The molecule has 0 radical (unpaired) electrons. The second kappa shape index (κ2) is 9.41. The highest BCUT2D eigenvalue weighted by molar-refractivity contribution is 8.15. The van der Waals surface area contributed by atoms with Crippen LogP contribution in [0.5, 0.6) is 0 Å². The second-order valence-corrected chi connectivity index (χ2v) is 9.03. The fraction of sp³-hybridized carbons (Fsp3) is 0.300. The van der Waals surface area contributed by atoms with Gasteiger partial charge in [-0.15, -0.1) is 4.40 Å². The van der Waals surface area contributed by atoms with E-state index in [0.717, 1.165) is 30.2 Å². The van der Waals surface area contributed by atoms with Crippen molar-refractivity contribution in [2.75, 3.05) is 17.2 Å². The van der Waals surface area contributed by atoms with Crippen LogP contribution in [-0.4, -0.2) is 31.8 Å². The van der Waals surface area contributed by atoms with Gasteiger partial charge in [0.15, 0.2) is 5.17 Å². The third-order valence-corrected chi connectivity index (χ3v) is 6.74. The van der Waals surface area contributed by atoms with Crippen molar-refractivity contribution in [1.82, 2.24) is 5.32 Å². The molecule has 1 aliphatic heterocycles. The number of amides is 1. The van der Waals surface area contributed by atoms with E-state index in [4.69, 9.17) is 0 Å². The summed E-state index contributed by atoms with van der Waals surface area (Å²) in [5, 5.41) is 3.05. The molecule has 2 aromatic carbocycles. The van der Waals surface area contributed by atoms with E-state index in [1.54, 1.807) is 36.4 Å². The number of sulfonamides is 1. The van der Waals surface area contributed by atoms with Gasteiger partial charge in [-0.25, -0.2) is 4.39 Å². The Kier molecular flexibility index (Phi) is 6.92. The molecule has 1 heterocycles. The van der Waals surface area contributed by atoms with Crippen molar-refractivity contribution >= 4 is 38.5 Å². The highest BCUT2D eigenvalue weighted by Crippen LogP contribution is 2.34. The molecule has 0 spiro atoms. The Balaban J connectivity index is 1.68.